The Morgan fingerprint density at radius 2 is 1.62 bits per heavy atom. The number of carbonyl (C=O) groups excluding carboxylic acids is 2. The highest BCUT2D eigenvalue weighted by molar-refractivity contribution is 6.04. The lowest BCUT2D eigenvalue weighted by atomic mass is 10.0. The molecule has 0 aliphatic heterocycles. The summed E-state index contributed by atoms with van der Waals surface area (Å²) in [6, 6.07) is 24.9. The van der Waals surface area contributed by atoms with Crippen molar-refractivity contribution in [3.05, 3.63) is 101 Å². The van der Waals surface area contributed by atoms with E-state index in [-0.39, 0.29) is 17.9 Å². The van der Waals surface area contributed by atoms with Gasteiger partial charge in [-0.3, -0.25) is 9.59 Å². The fraction of sp³-hybridized carbons (Fsp3) is 0.125. The van der Waals surface area contributed by atoms with Gasteiger partial charge in [-0.1, -0.05) is 36.4 Å². The van der Waals surface area contributed by atoms with Gasteiger partial charge in [0.1, 0.15) is 0 Å². The van der Waals surface area contributed by atoms with Crippen LogP contribution >= 0.6 is 0 Å². The molecule has 0 aliphatic rings. The topological polar surface area (TPSA) is 73.2 Å². The molecule has 1 N–H and O–H groups in total. The number of nitrogens with zero attached hydrogens (tertiary/aromatic N) is 2. The van der Waals surface area contributed by atoms with Crippen molar-refractivity contribution in [1.82, 2.24) is 4.90 Å². The molecule has 0 saturated heterocycles. The van der Waals surface area contributed by atoms with Crippen molar-refractivity contribution < 1.29 is 9.59 Å². The minimum Gasteiger partial charge on any atom is -0.335 e. The maximum absolute atomic E-state index is 12.8. The lowest BCUT2D eigenvalue weighted by Gasteiger charge is -2.26. The Hall–Kier alpha value is -3.91. The Bertz CT molecular complexity index is 1070. The maximum atomic E-state index is 12.8. The largest absolute Gasteiger partial charge is 0.335 e. The molecule has 5 nitrogen and oxygen atoms in total. The van der Waals surface area contributed by atoms with Gasteiger partial charge in [-0.05, 0) is 55.0 Å². The van der Waals surface area contributed by atoms with Gasteiger partial charge in [-0.15, -0.1) is 0 Å². The van der Waals surface area contributed by atoms with E-state index in [9.17, 15) is 9.59 Å². The van der Waals surface area contributed by atoms with Crippen LogP contribution in [0.4, 0.5) is 5.69 Å². The lowest BCUT2D eigenvalue weighted by molar-refractivity contribution is 0.0742. The van der Waals surface area contributed by atoms with E-state index in [1.165, 1.54) is 0 Å². The molecule has 0 spiro atoms. The molecule has 3 rings (SSSR count). The second-order valence-corrected chi connectivity index (χ2v) is 6.73. The van der Waals surface area contributed by atoms with E-state index < -0.39 is 0 Å². The molecule has 0 aromatic heterocycles. The van der Waals surface area contributed by atoms with Gasteiger partial charge < -0.3 is 10.2 Å². The van der Waals surface area contributed by atoms with Crippen LogP contribution in [-0.4, -0.2) is 23.8 Å². The van der Waals surface area contributed by atoms with E-state index >= 15 is 0 Å². The van der Waals surface area contributed by atoms with Gasteiger partial charge in [0.25, 0.3) is 11.8 Å². The summed E-state index contributed by atoms with van der Waals surface area (Å²) in [7, 11) is 1.72. The summed E-state index contributed by atoms with van der Waals surface area (Å²) in [5.74, 6) is -0.360. The summed E-state index contributed by atoms with van der Waals surface area (Å²) in [5.41, 5.74) is 3.05. The first kappa shape index (κ1) is 19.8. The zero-order valence-corrected chi connectivity index (χ0v) is 16.3. The van der Waals surface area contributed by atoms with E-state index in [4.69, 9.17) is 5.26 Å². The van der Waals surface area contributed by atoms with Crippen LogP contribution in [0.5, 0.6) is 0 Å². The highest BCUT2D eigenvalue weighted by Gasteiger charge is 2.19. The number of nitriles is 1. The molecule has 0 saturated carbocycles. The van der Waals surface area contributed by atoms with Gasteiger partial charge in [-0.25, -0.2) is 0 Å². The molecule has 0 bridgehead atoms. The van der Waals surface area contributed by atoms with Crippen LogP contribution in [0.3, 0.4) is 0 Å². The van der Waals surface area contributed by atoms with Crippen LogP contribution in [0, 0.1) is 11.3 Å². The second kappa shape index (κ2) is 8.85. The standard InChI is InChI=1S/C24H21N3O2/c1-17(27(2)24(29)21-12-6-8-18(14-21)16-25)20-11-7-13-22(15-20)26-23(28)19-9-4-3-5-10-19/h3-15,17H,1-2H3,(H,26,28). The Labute approximate surface area is 170 Å². The molecular weight excluding hydrogens is 362 g/mol. The first-order valence-electron chi connectivity index (χ1n) is 9.23. The predicted molar refractivity (Wildman–Crippen MR) is 113 cm³/mol. The number of anilines is 1. The molecule has 144 valence electrons. The number of amides is 2. The average Bonchev–Trinajstić information content (AvgIpc) is 2.78. The number of rotatable bonds is 5. The minimum atomic E-state index is -0.221. The molecule has 2 amide bonds. The van der Waals surface area contributed by atoms with Crippen LogP contribution in [0.15, 0.2) is 78.9 Å². The normalized spacial score (nSPS) is 11.2. The van der Waals surface area contributed by atoms with E-state index in [0.717, 1.165) is 5.56 Å². The van der Waals surface area contributed by atoms with Gasteiger partial charge in [0.15, 0.2) is 0 Å². The Kier molecular flexibility index (Phi) is 6.06. The Balaban J connectivity index is 1.76. The van der Waals surface area contributed by atoms with Crippen molar-refractivity contribution >= 4 is 17.5 Å². The smallest absolute Gasteiger partial charge is 0.255 e. The van der Waals surface area contributed by atoms with Crippen molar-refractivity contribution in [2.45, 2.75) is 13.0 Å². The molecule has 5 heteroatoms. The quantitative estimate of drug-likeness (QED) is 0.697. The summed E-state index contributed by atoms with van der Waals surface area (Å²) in [5, 5.41) is 11.9. The van der Waals surface area contributed by atoms with Gasteiger partial charge in [-0.2, -0.15) is 5.26 Å². The van der Waals surface area contributed by atoms with E-state index in [1.807, 2.05) is 49.4 Å². The van der Waals surface area contributed by atoms with Gasteiger partial charge in [0.05, 0.1) is 17.7 Å². The molecule has 29 heavy (non-hydrogen) atoms. The number of carbonyl (C=O) groups is 2. The SMILES string of the molecule is CC(c1cccc(NC(=O)c2ccccc2)c1)N(C)C(=O)c1cccc(C#N)c1. The summed E-state index contributed by atoms with van der Waals surface area (Å²) < 4.78 is 0. The first-order chi connectivity index (χ1) is 14.0. The predicted octanol–water partition coefficient (Wildman–Crippen LogP) is 4.64. The van der Waals surface area contributed by atoms with Crippen molar-refractivity contribution in [2.75, 3.05) is 12.4 Å². The summed E-state index contributed by atoms with van der Waals surface area (Å²) >= 11 is 0. The first-order valence-corrected chi connectivity index (χ1v) is 9.23. The summed E-state index contributed by atoms with van der Waals surface area (Å²) in [6.45, 7) is 1.92. The third kappa shape index (κ3) is 4.69. The van der Waals surface area contributed by atoms with Crippen LogP contribution in [0.1, 0.15) is 44.8 Å². The second-order valence-electron chi connectivity index (χ2n) is 6.73. The zero-order valence-electron chi connectivity index (χ0n) is 16.3. The summed E-state index contributed by atoms with van der Waals surface area (Å²) in [4.78, 5) is 26.8. The van der Waals surface area contributed by atoms with Gasteiger partial charge in [0, 0.05) is 23.9 Å². The molecule has 0 heterocycles. The Morgan fingerprint density at radius 1 is 0.931 bits per heavy atom. The number of nitrogens with one attached hydrogen (secondary N) is 1. The van der Waals surface area contributed by atoms with Gasteiger partial charge >= 0.3 is 0 Å². The number of hydrogen-bond acceptors (Lipinski definition) is 3. The molecule has 0 radical (unpaired) electrons. The molecular formula is C24H21N3O2. The van der Waals surface area contributed by atoms with Crippen molar-refractivity contribution in [3.63, 3.8) is 0 Å². The number of benzene rings is 3. The maximum Gasteiger partial charge on any atom is 0.255 e. The van der Waals surface area contributed by atoms with Crippen molar-refractivity contribution in [3.8, 4) is 6.07 Å². The van der Waals surface area contributed by atoms with Crippen LogP contribution < -0.4 is 5.32 Å². The zero-order chi connectivity index (χ0) is 20.8. The van der Waals surface area contributed by atoms with E-state index in [2.05, 4.69) is 11.4 Å². The van der Waals surface area contributed by atoms with Crippen LogP contribution in [-0.2, 0) is 0 Å². The monoisotopic (exact) mass is 383 g/mol. The van der Waals surface area contributed by atoms with E-state index in [0.29, 0.717) is 22.4 Å². The third-order valence-corrected chi connectivity index (χ3v) is 4.80. The van der Waals surface area contributed by atoms with E-state index in [1.54, 1.807) is 48.3 Å². The highest BCUT2D eigenvalue weighted by atomic mass is 16.2. The molecule has 1 atom stereocenters. The number of hydrogen-bond donors (Lipinski definition) is 1. The van der Waals surface area contributed by atoms with Crippen LogP contribution in [0.2, 0.25) is 0 Å². The van der Waals surface area contributed by atoms with Gasteiger partial charge in [0.2, 0.25) is 0 Å². The Morgan fingerprint density at radius 3 is 2.34 bits per heavy atom. The summed E-state index contributed by atoms with van der Waals surface area (Å²) in [6.07, 6.45) is 0. The fourth-order valence-corrected chi connectivity index (χ4v) is 2.99. The molecule has 3 aromatic carbocycles. The van der Waals surface area contributed by atoms with Crippen molar-refractivity contribution in [1.29, 1.82) is 5.26 Å². The molecule has 0 fully saturated rings. The molecule has 1 unspecified atom stereocenters. The average molecular weight is 383 g/mol. The third-order valence-electron chi connectivity index (χ3n) is 4.80. The molecule has 3 aromatic rings. The molecule has 0 aliphatic carbocycles. The lowest BCUT2D eigenvalue weighted by Crippen LogP contribution is -2.29. The fourth-order valence-electron chi connectivity index (χ4n) is 2.99. The van der Waals surface area contributed by atoms with Crippen LogP contribution in [0.25, 0.3) is 0 Å². The highest BCUT2D eigenvalue weighted by Crippen LogP contribution is 2.24. The minimum absolute atomic E-state index is 0.173. The van der Waals surface area contributed by atoms with Crippen molar-refractivity contribution in [2.24, 2.45) is 0 Å².